The van der Waals surface area contributed by atoms with Crippen molar-refractivity contribution < 1.29 is 22.7 Å². The Hall–Kier alpha value is -3.59. The molecule has 2 aromatic heterocycles. The maximum atomic E-state index is 13.3. The number of ether oxygens (including phenoxy) is 1. The van der Waals surface area contributed by atoms with Gasteiger partial charge >= 0.3 is 6.18 Å². The number of nitrogens with two attached hydrogens (primary N) is 1. The molecule has 0 unspecified atom stereocenters. The van der Waals surface area contributed by atoms with E-state index in [-0.39, 0.29) is 21.9 Å². The Morgan fingerprint density at radius 2 is 1.80 bits per heavy atom. The summed E-state index contributed by atoms with van der Waals surface area (Å²) in [7, 11) is 0. The molecule has 1 amide bonds. The van der Waals surface area contributed by atoms with Crippen LogP contribution in [-0.2, 0) is 6.18 Å². The van der Waals surface area contributed by atoms with Crippen molar-refractivity contribution in [2.75, 3.05) is 0 Å². The van der Waals surface area contributed by atoms with E-state index < -0.39 is 17.6 Å². The summed E-state index contributed by atoms with van der Waals surface area (Å²) in [5.74, 6) is -0.284. The highest BCUT2D eigenvalue weighted by Crippen LogP contribution is 2.36. The molecule has 30 heavy (non-hydrogen) atoms. The minimum Gasteiger partial charge on any atom is -0.457 e. The van der Waals surface area contributed by atoms with Gasteiger partial charge in [0.2, 0.25) is 5.82 Å². The third-order valence-corrected chi connectivity index (χ3v) is 4.51. The van der Waals surface area contributed by atoms with Gasteiger partial charge in [0.05, 0.1) is 21.8 Å². The van der Waals surface area contributed by atoms with Gasteiger partial charge in [-0.05, 0) is 36.4 Å². The molecule has 2 heterocycles. The van der Waals surface area contributed by atoms with Crippen LogP contribution >= 0.6 is 11.6 Å². The average molecular weight is 433 g/mol. The van der Waals surface area contributed by atoms with Gasteiger partial charge in [0.15, 0.2) is 0 Å². The van der Waals surface area contributed by atoms with Crippen LogP contribution in [0.15, 0.2) is 60.9 Å². The number of alkyl halides is 3. The minimum absolute atomic E-state index is 0.00955. The number of hydrogen-bond donors (Lipinski definition) is 1. The number of hydrogen-bond acceptors (Lipinski definition) is 4. The SMILES string of the molecule is NC(=O)c1nc2c(Cl)cc(C(F)(F)F)cc2n1-c1cccc(Oc2ccncc2)c1. The zero-order chi connectivity index (χ0) is 21.5. The Morgan fingerprint density at radius 1 is 1.07 bits per heavy atom. The van der Waals surface area contributed by atoms with Crippen LogP contribution in [0.25, 0.3) is 16.7 Å². The van der Waals surface area contributed by atoms with Gasteiger partial charge in [0.1, 0.15) is 17.0 Å². The molecule has 0 aliphatic rings. The number of halogens is 4. The largest absolute Gasteiger partial charge is 0.457 e. The normalized spacial score (nSPS) is 11.6. The number of carbonyl (C=O) groups excluding carboxylic acids is 1. The molecule has 4 aromatic rings. The summed E-state index contributed by atoms with van der Waals surface area (Å²) >= 11 is 6.03. The Morgan fingerprint density at radius 3 is 2.47 bits per heavy atom. The lowest BCUT2D eigenvalue weighted by atomic mass is 10.2. The molecule has 2 N–H and O–H groups in total. The topological polar surface area (TPSA) is 83.0 Å². The number of nitrogens with zero attached hydrogens (tertiary/aromatic N) is 3. The average Bonchev–Trinajstić information content (AvgIpc) is 3.09. The number of pyridine rings is 1. The maximum absolute atomic E-state index is 13.3. The standard InChI is InChI=1S/C20H12ClF3N4O2/c21-15-8-11(20(22,23)24)9-16-17(15)27-19(18(25)29)28(16)12-2-1-3-14(10-12)30-13-4-6-26-7-5-13/h1-10H,(H2,25,29). The molecule has 0 saturated heterocycles. The Labute approximate surface area is 172 Å². The molecule has 0 spiro atoms. The van der Waals surface area contributed by atoms with E-state index in [9.17, 15) is 18.0 Å². The molecule has 0 atom stereocenters. The molecule has 0 saturated carbocycles. The van der Waals surface area contributed by atoms with Crippen LogP contribution in [0.3, 0.4) is 0 Å². The third kappa shape index (κ3) is 3.67. The first-order chi connectivity index (χ1) is 14.2. The molecule has 0 aliphatic carbocycles. The van der Waals surface area contributed by atoms with Gasteiger partial charge in [0.25, 0.3) is 5.91 Å². The summed E-state index contributed by atoms with van der Waals surface area (Å²) in [5.41, 5.74) is 4.80. The lowest BCUT2D eigenvalue weighted by molar-refractivity contribution is -0.137. The Bertz CT molecular complexity index is 1260. The fourth-order valence-electron chi connectivity index (χ4n) is 2.95. The van der Waals surface area contributed by atoms with E-state index in [0.29, 0.717) is 17.2 Å². The smallest absolute Gasteiger partial charge is 0.416 e. The first kappa shape index (κ1) is 19.7. The highest BCUT2D eigenvalue weighted by molar-refractivity contribution is 6.35. The fraction of sp³-hybridized carbons (Fsp3) is 0.0500. The number of primary amides is 1. The third-order valence-electron chi connectivity index (χ3n) is 4.22. The number of amides is 1. The number of imidazole rings is 1. The van der Waals surface area contributed by atoms with Gasteiger partial charge in [-0.25, -0.2) is 4.98 Å². The monoisotopic (exact) mass is 432 g/mol. The molecule has 0 radical (unpaired) electrons. The molecule has 6 nitrogen and oxygen atoms in total. The van der Waals surface area contributed by atoms with Gasteiger partial charge in [-0.2, -0.15) is 13.2 Å². The van der Waals surface area contributed by atoms with Crippen molar-refractivity contribution in [3.63, 3.8) is 0 Å². The minimum atomic E-state index is -4.63. The van der Waals surface area contributed by atoms with Crippen molar-refractivity contribution in [3.05, 3.63) is 77.3 Å². The number of benzene rings is 2. The van der Waals surface area contributed by atoms with E-state index in [1.807, 2.05) is 0 Å². The zero-order valence-electron chi connectivity index (χ0n) is 15.0. The number of carbonyl (C=O) groups is 1. The summed E-state index contributed by atoms with van der Waals surface area (Å²) in [5, 5.41) is -0.245. The fourth-order valence-corrected chi connectivity index (χ4v) is 3.21. The maximum Gasteiger partial charge on any atom is 0.416 e. The van der Waals surface area contributed by atoms with Crippen LogP contribution in [0.5, 0.6) is 11.5 Å². The Kier molecular flexibility index (Phi) is 4.83. The molecule has 0 fully saturated rings. The molecule has 10 heteroatoms. The van der Waals surface area contributed by atoms with E-state index in [0.717, 1.165) is 12.1 Å². The second-order valence-corrected chi connectivity index (χ2v) is 6.65. The van der Waals surface area contributed by atoms with Crippen LogP contribution in [0.4, 0.5) is 13.2 Å². The second kappa shape index (κ2) is 7.34. The van der Waals surface area contributed by atoms with Crippen LogP contribution < -0.4 is 10.5 Å². The number of rotatable bonds is 4. The van der Waals surface area contributed by atoms with Crippen LogP contribution in [0, 0.1) is 0 Å². The first-order valence-electron chi connectivity index (χ1n) is 8.51. The van der Waals surface area contributed by atoms with Gasteiger partial charge in [-0.3, -0.25) is 14.3 Å². The summed E-state index contributed by atoms with van der Waals surface area (Å²) in [4.78, 5) is 19.9. The van der Waals surface area contributed by atoms with E-state index in [1.165, 1.54) is 4.57 Å². The molecular weight excluding hydrogens is 421 g/mol. The van der Waals surface area contributed by atoms with Crippen molar-refractivity contribution in [2.24, 2.45) is 5.73 Å². The molecule has 0 aliphatic heterocycles. The summed E-state index contributed by atoms with van der Waals surface area (Å²) in [6, 6.07) is 11.3. The number of aromatic nitrogens is 3. The van der Waals surface area contributed by atoms with Crippen LogP contribution in [0.2, 0.25) is 5.02 Å². The van der Waals surface area contributed by atoms with Gasteiger partial charge < -0.3 is 10.5 Å². The van der Waals surface area contributed by atoms with Crippen molar-refractivity contribution in [3.8, 4) is 17.2 Å². The highest BCUT2D eigenvalue weighted by Gasteiger charge is 2.32. The summed E-state index contributed by atoms with van der Waals surface area (Å²) in [6.07, 6.45) is -1.53. The first-order valence-corrected chi connectivity index (χ1v) is 8.89. The number of fused-ring (bicyclic) bond motifs is 1. The highest BCUT2D eigenvalue weighted by atomic mass is 35.5. The van der Waals surface area contributed by atoms with Crippen molar-refractivity contribution in [2.45, 2.75) is 6.18 Å². The van der Waals surface area contributed by atoms with Gasteiger partial charge in [0, 0.05) is 18.5 Å². The molecule has 0 bridgehead atoms. The van der Waals surface area contributed by atoms with E-state index in [2.05, 4.69) is 9.97 Å². The van der Waals surface area contributed by atoms with E-state index in [1.54, 1.807) is 48.8 Å². The van der Waals surface area contributed by atoms with Crippen LogP contribution in [0.1, 0.15) is 16.2 Å². The summed E-state index contributed by atoms with van der Waals surface area (Å²) in [6.45, 7) is 0. The van der Waals surface area contributed by atoms with Crippen molar-refractivity contribution in [1.29, 1.82) is 0 Å². The lowest BCUT2D eigenvalue weighted by Crippen LogP contribution is -2.17. The predicted octanol–water partition coefficient (Wildman–Crippen LogP) is 4.98. The van der Waals surface area contributed by atoms with Crippen molar-refractivity contribution in [1.82, 2.24) is 14.5 Å². The molecule has 4 rings (SSSR count). The van der Waals surface area contributed by atoms with Gasteiger partial charge in [-0.15, -0.1) is 0 Å². The van der Waals surface area contributed by atoms with Crippen molar-refractivity contribution >= 4 is 28.5 Å². The van der Waals surface area contributed by atoms with E-state index in [4.69, 9.17) is 22.1 Å². The van der Waals surface area contributed by atoms with Crippen LogP contribution in [-0.4, -0.2) is 20.4 Å². The second-order valence-electron chi connectivity index (χ2n) is 6.24. The molecular formula is C20H12ClF3N4O2. The molecule has 152 valence electrons. The lowest BCUT2D eigenvalue weighted by Gasteiger charge is -2.12. The summed E-state index contributed by atoms with van der Waals surface area (Å²) < 4.78 is 46.8. The van der Waals surface area contributed by atoms with E-state index >= 15 is 0 Å². The quantitative estimate of drug-likeness (QED) is 0.492. The zero-order valence-corrected chi connectivity index (χ0v) is 15.8. The Balaban J connectivity index is 1.91. The van der Waals surface area contributed by atoms with Gasteiger partial charge in [-0.1, -0.05) is 17.7 Å². The predicted molar refractivity (Wildman–Crippen MR) is 104 cm³/mol. The molecule has 2 aromatic carbocycles.